The third kappa shape index (κ3) is 5.53. The maximum Gasteiger partial charge on any atom is 0.131 e. The highest BCUT2D eigenvalue weighted by molar-refractivity contribution is 5.88. The zero-order valence-electron chi connectivity index (χ0n) is 19.4. The minimum Gasteiger partial charge on any atom is -0.491 e. The monoisotopic (exact) mass is 461 g/mol. The Balaban J connectivity index is 1.46. The van der Waals surface area contributed by atoms with Crippen LogP contribution in [0.3, 0.4) is 0 Å². The number of rotatable bonds is 12. The third-order valence-corrected chi connectivity index (χ3v) is 5.59. The van der Waals surface area contributed by atoms with Gasteiger partial charge in [-0.05, 0) is 47.4 Å². The molecule has 0 aliphatic carbocycles. The zero-order valence-corrected chi connectivity index (χ0v) is 19.4. The number of pyridine rings is 1. The molecule has 0 fully saturated rings. The van der Waals surface area contributed by atoms with Crippen LogP contribution in [0.15, 0.2) is 54.9 Å². The second-order valence-electron chi connectivity index (χ2n) is 7.82. The highest BCUT2D eigenvalue weighted by atomic mass is 16.5. The number of hydrogen-bond donors (Lipinski definition) is 3. The van der Waals surface area contributed by atoms with E-state index in [2.05, 4.69) is 34.2 Å². The summed E-state index contributed by atoms with van der Waals surface area (Å²) in [4.78, 5) is 4.52. The van der Waals surface area contributed by atoms with Crippen LogP contribution < -0.4 is 16.2 Å². The lowest BCUT2D eigenvalue weighted by Crippen LogP contribution is -2.14. The van der Waals surface area contributed by atoms with Crippen molar-refractivity contribution in [1.29, 1.82) is 0 Å². The van der Waals surface area contributed by atoms with Crippen LogP contribution in [0.2, 0.25) is 0 Å². The smallest absolute Gasteiger partial charge is 0.131 e. The van der Waals surface area contributed by atoms with Gasteiger partial charge in [0, 0.05) is 29.3 Å². The standard InChI is InChI=1S/C26H31N5O3/c1-2-22-23(19-5-8-24-20(15-19)16-30-31-24)17-29-26(28)25(22)18-3-6-21(7-4-18)34-14-13-33-12-11-32-10-9-27/h3-8,15-17H,2,9-14,27H2,1H3,(H2,28,29)(H,30,31). The van der Waals surface area contributed by atoms with Crippen molar-refractivity contribution in [2.24, 2.45) is 5.73 Å². The van der Waals surface area contributed by atoms with Crippen molar-refractivity contribution in [2.75, 3.05) is 45.3 Å². The van der Waals surface area contributed by atoms with Gasteiger partial charge >= 0.3 is 0 Å². The number of anilines is 1. The molecule has 0 spiro atoms. The Kier molecular flexibility index (Phi) is 8.08. The van der Waals surface area contributed by atoms with E-state index in [4.69, 9.17) is 25.7 Å². The first-order valence-electron chi connectivity index (χ1n) is 11.5. The summed E-state index contributed by atoms with van der Waals surface area (Å²) in [5, 5.41) is 8.18. The van der Waals surface area contributed by atoms with Gasteiger partial charge in [0.15, 0.2) is 0 Å². The number of H-pyrrole nitrogens is 1. The van der Waals surface area contributed by atoms with Crippen LogP contribution in [0.1, 0.15) is 12.5 Å². The minimum atomic E-state index is 0.464. The summed E-state index contributed by atoms with van der Waals surface area (Å²) >= 11 is 0. The van der Waals surface area contributed by atoms with Gasteiger partial charge in [-0.25, -0.2) is 4.98 Å². The van der Waals surface area contributed by atoms with Crippen LogP contribution >= 0.6 is 0 Å². The average molecular weight is 462 g/mol. The second kappa shape index (κ2) is 11.6. The van der Waals surface area contributed by atoms with Crippen molar-refractivity contribution in [1.82, 2.24) is 15.2 Å². The number of aromatic nitrogens is 3. The molecule has 0 atom stereocenters. The summed E-state index contributed by atoms with van der Waals surface area (Å²) in [6.07, 6.45) is 4.51. The summed E-state index contributed by atoms with van der Waals surface area (Å²) < 4.78 is 16.6. The number of benzene rings is 2. The van der Waals surface area contributed by atoms with Gasteiger partial charge in [0.1, 0.15) is 18.2 Å². The first-order valence-corrected chi connectivity index (χ1v) is 11.5. The summed E-state index contributed by atoms with van der Waals surface area (Å²) in [6, 6.07) is 14.2. The molecule has 0 bridgehead atoms. The summed E-state index contributed by atoms with van der Waals surface area (Å²) in [5.41, 5.74) is 18.0. The van der Waals surface area contributed by atoms with E-state index >= 15 is 0 Å². The van der Waals surface area contributed by atoms with Crippen molar-refractivity contribution >= 4 is 16.7 Å². The number of aromatic amines is 1. The van der Waals surface area contributed by atoms with Crippen molar-refractivity contribution < 1.29 is 14.2 Å². The van der Waals surface area contributed by atoms with Crippen LogP contribution in [0, 0.1) is 0 Å². The Hall–Kier alpha value is -3.46. The molecule has 2 heterocycles. The Morgan fingerprint density at radius 2 is 1.62 bits per heavy atom. The molecule has 8 heteroatoms. The van der Waals surface area contributed by atoms with Crippen molar-refractivity contribution in [2.45, 2.75) is 13.3 Å². The zero-order chi connectivity index (χ0) is 23.8. The Morgan fingerprint density at radius 3 is 2.38 bits per heavy atom. The van der Waals surface area contributed by atoms with E-state index in [1.807, 2.05) is 42.7 Å². The Morgan fingerprint density at radius 1 is 0.882 bits per heavy atom. The highest BCUT2D eigenvalue weighted by Crippen LogP contribution is 2.37. The fourth-order valence-corrected chi connectivity index (χ4v) is 3.96. The van der Waals surface area contributed by atoms with E-state index in [9.17, 15) is 0 Å². The molecular formula is C26H31N5O3. The van der Waals surface area contributed by atoms with Gasteiger partial charge < -0.3 is 25.7 Å². The molecule has 2 aromatic carbocycles. The third-order valence-electron chi connectivity index (χ3n) is 5.59. The van der Waals surface area contributed by atoms with Crippen LogP contribution in [-0.2, 0) is 15.9 Å². The molecule has 0 unspecified atom stereocenters. The van der Waals surface area contributed by atoms with E-state index in [0.29, 0.717) is 45.4 Å². The van der Waals surface area contributed by atoms with Crippen molar-refractivity contribution in [3.05, 3.63) is 60.4 Å². The molecule has 0 aliphatic heterocycles. The van der Waals surface area contributed by atoms with Gasteiger partial charge in [-0.2, -0.15) is 5.10 Å². The molecule has 4 aromatic rings. The van der Waals surface area contributed by atoms with Gasteiger partial charge in [0.2, 0.25) is 0 Å². The lowest BCUT2D eigenvalue weighted by Gasteiger charge is -2.16. The molecule has 4 rings (SSSR count). The predicted octanol–water partition coefficient (Wildman–Crippen LogP) is 3.81. The average Bonchev–Trinajstić information content (AvgIpc) is 3.34. The summed E-state index contributed by atoms with van der Waals surface area (Å²) in [7, 11) is 0. The molecule has 0 radical (unpaired) electrons. The number of nitrogens with one attached hydrogen (secondary N) is 1. The normalized spacial score (nSPS) is 11.2. The van der Waals surface area contributed by atoms with Gasteiger partial charge in [-0.15, -0.1) is 0 Å². The topological polar surface area (TPSA) is 121 Å². The van der Waals surface area contributed by atoms with Crippen molar-refractivity contribution in [3.63, 3.8) is 0 Å². The second-order valence-corrected chi connectivity index (χ2v) is 7.82. The van der Waals surface area contributed by atoms with E-state index in [-0.39, 0.29) is 0 Å². The lowest BCUT2D eigenvalue weighted by molar-refractivity contribution is 0.0388. The number of ether oxygens (including phenoxy) is 3. The SMILES string of the molecule is CCc1c(-c2ccc3[nH]ncc3c2)cnc(N)c1-c1ccc(OCCOCCOCCN)cc1. The Bertz CT molecular complexity index is 1210. The number of nitrogens with two attached hydrogens (primary N) is 2. The molecule has 0 saturated heterocycles. The molecular weight excluding hydrogens is 430 g/mol. The quantitative estimate of drug-likeness (QED) is 0.274. The predicted molar refractivity (Wildman–Crippen MR) is 135 cm³/mol. The van der Waals surface area contributed by atoms with Crippen LogP contribution in [0.5, 0.6) is 5.75 Å². The first kappa shape index (κ1) is 23.7. The van der Waals surface area contributed by atoms with Gasteiger partial charge in [-0.1, -0.05) is 25.1 Å². The van der Waals surface area contributed by atoms with E-state index < -0.39 is 0 Å². The number of fused-ring (bicyclic) bond motifs is 1. The fraction of sp³-hybridized carbons (Fsp3) is 0.308. The maximum absolute atomic E-state index is 6.35. The fourth-order valence-electron chi connectivity index (χ4n) is 3.96. The first-order chi connectivity index (χ1) is 16.7. The van der Waals surface area contributed by atoms with Gasteiger partial charge in [0.05, 0.1) is 38.1 Å². The van der Waals surface area contributed by atoms with E-state index in [1.165, 1.54) is 0 Å². The molecule has 5 N–H and O–H groups in total. The largest absolute Gasteiger partial charge is 0.491 e. The summed E-state index contributed by atoms with van der Waals surface area (Å²) in [6.45, 7) is 5.23. The minimum absolute atomic E-state index is 0.464. The molecule has 34 heavy (non-hydrogen) atoms. The maximum atomic E-state index is 6.35. The van der Waals surface area contributed by atoms with E-state index in [1.54, 1.807) is 0 Å². The van der Waals surface area contributed by atoms with E-state index in [0.717, 1.165) is 50.9 Å². The van der Waals surface area contributed by atoms with Crippen LogP contribution in [0.4, 0.5) is 5.82 Å². The number of hydrogen-bond acceptors (Lipinski definition) is 7. The summed E-state index contributed by atoms with van der Waals surface area (Å²) in [5.74, 6) is 1.29. The Labute approximate surface area is 199 Å². The van der Waals surface area contributed by atoms with Crippen LogP contribution in [0.25, 0.3) is 33.2 Å². The lowest BCUT2D eigenvalue weighted by atomic mass is 9.91. The van der Waals surface area contributed by atoms with Gasteiger partial charge in [-0.3, -0.25) is 5.10 Å². The van der Waals surface area contributed by atoms with Crippen LogP contribution in [-0.4, -0.2) is 54.8 Å². The highest BCUT2D eigenvalue weighted by Gasteiger charge is 2.16. The molecule has 8 nitrogen and oxygen atoms in total. The van der Waals surface area contributed by atoms with Crippen molar-refractivity contribution in [3.8, 4) is 28.0 Å². The molecule has 2 aromatic heterocycles. The molecule has 0 aliphatic rings. The molecule has 0 saturated carbocycles. The number of nitrogens with zero attached hydrogens (tertiary/aromatic N) is 2. The molecule has 178 valence electrons. The molecule has 0 amide bonds. The number of nitrogen functional groups attached to an aromatic ring is 1. The van der Waals surface area contributed by atoms with Gasteiger partial charge in [0.25, 0.3) is 0 Å².